The lowest BCUT2D eigenvalue weighted by Crippen LogP contribution is -2.25. The number of amides is 2. The van der Waals surface area contributed by atoms with Crippen LogP contribution in [-0.2, 0) is 4.79 Å². The fourth-order valence-corrected chi connectivity index (χ4v) is 3.00. The molecule has 0 heterocycles. The van der Waals surface area contributed by atoms with Crippen molar-refractivity contribution in [3.8, 4) is 0 Å². The highest BCUT2D eigenvalue weighted by molar-refractivity contribution is 6.30. The molecule has 24 heavy (non-hydrogen) atoms. The maximum Gasteiger partial charge on any atom is 0.253 e. The predicted octanol–water partition coefficient (Wildman–Crippen LogP) is 3.83. The van der Waals surface area contributed by atoms with Crippen LogP contribution in [0.4, 0.5) is 5.69 Å². The number of hydrogen-bond donors (Lipinski definition) is 2. The van der Waals surface area contributed by atoms with E-state index in [-0.39, 0.29) is 17.7 Å². The van der Waals surface area contributed by atoms with Crippen LogP contribution >= 0.6 is 11.6 Å². The first-order valence-corrected chi connectivity index (χ1v) is 8.35. The highest BCUT2D eigenvalue weighted by Gasteiger charge is 2.37. The van der Waals surface area contributed by atoms with Crippen LogP contribution in [0.25, 0.3) is 0 Å². The summed E-state index contributed by atoms with van der Waals surface area (Å²) >= 11 is 5.95. The third-order valence-corrected chi connectivity index (χ3v) is 4.51. The van der Waals surface area contributed by atoms with Crippen LogP contribution in [0.2, 0.25) is 5.02 Å². The maximum atomic E-state index is 12.9. The molecular weight excluding hydrogens is 324 g/mol. The van der Waals surface area contributed by atoms with E-state index in [2.05, 4.69) is 10.6 Å². The van der Waals surface area contributed by atoms with Gasteiger partial charge in [0.1, 0.15) is 0 Å². The predicted molar refractivity (Wildman–Crippen MR) is 95.4 cm³/mol. The van der Waals surface area contributed by atoms with Gasteiger partial charge >= 0.3 is 0 Å². The number of para-hydroxylation sites is 1. The van der Waals surface area contributed by atoms with E-state index in [0.29, 0.717) is 22.2 Å². The molecule has 2 aromatic carbocycles. The molecule has 1 saturated carbocycles. The van der Waals surface area contributed by atoms with Crippen molar-refractivity contribution in [1.29, 1.82) is 0 Å². The maximum absolute atomic E-state index is 12.9. The Labute approximate surface area is 146 Å². The van der Waals surface area contributed by atoms with Crippen LogP contribution in [0.3, 0.4) is 0 Å². The smallest absolute Gasteiger partial charge is 0.253 e. The molecule has 124 valence electrons. The lowest BCUT2D eigenvalue weighted by molar-refractivity contribution is -0.118. The van der Waals surface area contributed by atoms with Crippen LogP contribution in [0.1, 0.15) is 34.7 Å². The van der Waals surface area contributed by atoms with Crippen molar-refractivity contribution in [2.75, 3.05) is 12.4 Å². The topological polar surface area (TPSA) is 58.2 Å². The summed E-state index contributed by atoms with van der Waals surface area (Å²) in [7, 11) is 1.57. The van der Waals surface area contributed by atoms with Gasteiger partial charge in [0.2, 0.25) is 5.91 Å². The monoisotopic (exact) mass is 342 g/mol. The second kappa shape index (κ2) is 7.05. The molecule has 2 aromatic rings. The number of nitrogens with one attached hydrogen (secondary N) is 2. The number of hydrogen-bond acceptors (Lipinski definition) is 2. The summed E-state index contributed by atoms with van der Waals surface area (Å²) in [5, 5.41) is 6.17. The molecule has 3 rings (SSSR count). The van der Waals surface area contributed by atoms with Crippen LogP contribution in [-0.4, -0.2) is 18.9 Å². The average Bonchev–Trinajstić information content (AvgIpc) is 3.41. The van der Waals surface area contributed by atoms with Crippen molar-refractivity contribution in [3.05, 3.63) is 64.7 Å². The lowest BCUT2D eigenvalue weighted by atomic mass is 9.93. The van der Waals surface area contributed by atoms with Gasteiger partial charge in [-0.25, -0.2) is 0 Å². The standard InChI is InChI=1S/C19H19ClN2O2/c1-21-18(23)15-4-2-3-5-16(15)22-19(24)17(12-6-7-12)13-8-10-14(20)11-9-13/h2-5,8-12,17H,6-7H2,1H3,(H,21,23)(H,22,24). The molecule has 1 aliphatic carbocycles. The van der Waals surface area contributed by atoms with Gasteiger partial charge < -0.3 is 10.6 Å². The number of anilines is 1. The largest absolute Gasteiger partial charge is 0.355 e. The minimum Gasteiger partial charge on any atom is -0.355 e. The Balaban J connectivity index is 1.85. The third kappa shape index (κ3) is 3.60. The Morgan fingerprint density at radius 1 is 1.08 bits per heavy atom. The van der Waals surface area contributed by atoms with Gasteiger partial charge in [-0.1, -0.05) is 35.9 Å². The Morgan fingerprint density at radius 2 is 1.75 bits per heavy atom. The number of halogens is 1. The number of carbonyl (C=O) groups is 2. The molecule has 2 amide bonds. The van der Waals surface area contributed by atoms with Gasteiger partial charge in [0, 0.05) is 12.1 Å². The summed E-state index contributed by atoms with van der Waals surface area (Å²) in [6, 6.07) is 14.4. The summed E-state index contributed by atoms with van der Waals surface area (Å²) < 4.78 is 0. The SMILES string of the molecule is CNC(=O)c1ccccc1NC(=O)C(c1ccc(Cl)cc1)C1CC1. The van der Waals surface area contributed by atoms with Gasteiger partial charge in [0.25, 0.3) is 5.91 Å². The molecule has 1 aliphatic rings. The van der Waals surface area contributed by atoms with Gasteiger partial charge in [0.05, 0.1) is 17.2 Å². The highest BCUT2D eigenvalue weighted by Crippen LogP contribution is 2.43. The van der Waals surface area contributed by atoms with Gasteiger partial charge in [0.15, 0.2) is 0 Å². The first-order chi connectivity index (χ1) is 11.6. The molecule has 4 nitrogen and oxygen atoms in total. The van der Waals surface area contributed by atoms with Crippen LogP contribution in [0, 0.1) is 5.92 Å². The number of rotatable bonds is 5. The molecule has 0 aromatic heterocycles. The second-order valence-electron chi connectivity index (χ2n) is 5.98. The normalized spacial score (nSPS) is 14.8. The number of benzene rings is 2. The van der Waals surface area contributed by atoms with Gasteiger partial charge in [-0.3, -0.25) is 9.59 Å². The molecule has 1 unspecified atom stereocenters. The molecule has 5 heteroatoms. The fraction of sp³-hybridized carbons (Fsp3) is 0.263. The Bertz CT molecular complexity index is 754. The number of carbonyl (C=O) groups excluding carboxylic acids is 2. The molecule has 0 bridgehead atoms. The summed E-state index contributed by atoms with van der Waals surface area (Å²) in [5.74, 6) is -0.185. The Morgan fingerprint density at radius 3 is 2.38 bits per heavy atom. The molecule has 0 aliphatic heterocycles. The van der Waals surface area contributed by atoms with Gasteiger partial charge in [-0.2, -0.15) is 0 Å². The van der Waals surface area contributed by atoms with Crippen molar-refractivity contribution >= 4 is 29.1 Å². The van der Waals surface area contributed by atoms with Gasteiger partial charge in [-0.15, -0.1) is 0 Å². The zero-order valence-electron chi connectivity index (χ0n) is 13.4. The zero-order chi connectivity index (χ0) is 17.1. The average molecular weight is 343 g/mol. The van der Waals surface area contributed by atoms with Crippen molar-refractivity contribution in [1.82, 2.24) is 5.32 Å². The molecule has 1 fully saturated rings. The van der Waals surface area contributed by atoms with E-state index in [9.17, 15) is 9.59 Å². The first-order valence-electron chi connectivity index (χ1n) is 7.97. The van der Waals surface area contributed by atoms with E-state index in [4.69, 9.17) is 11.6 Å². The third-order valence-electron chi connectivity index (χ3n) is 4.26. The summed E-state index contributed by atoms with van der Waals surface area (Å²) in [6.45, 7) is 0. The van der Waals surface area contributed by atoms with E-state index >= 15 is 0 Å². The van der Waals surface area contributed by atoms with E-state index in [1.54, 1.807) is 43.4 Å². The molecule has 2 N–H and O–H groups in total. The van der Waals surface area contributed by atoms with Crippen LogP contribution in [0.5, 0.6) is 0 Å². The molecule has 1 atom stereocenters. The minimum absolute atomic E-state index is 0.0869. The molecular formula is C19H19ClN2O2. The van der Waals surface area contributed by atoms with Crippen molar-refractivity contribution in [3.63, 3.8) is 0 Å². The van der Waals surface area contributed by atoms with E-state index in [1.807, 2.05) is 12.1 Å². The van der Waals surface area contributed by atoms with Crippen molar-refractivity contribution < 1.29 is 9.59 Å². The molecule has 0 saturated heterocycles. The second-order valence-corrected chi connectivity index (χ2v) is 6.42. The summed E-state index contributed by atoms with van der Waals surface area (Å²) in [6.07, 6.45) is 2.08. The molecule has 0 radical (unpaired) electrons. The fourth-order valence-electron chi connectivity index (χ4n) is 2.87. The quantitative estimate of drug-likeness (QED) is 0.867. The van der Waals surface area contributed by atoms with Crippen LogP contribution < -0.4 is 10.6 Å². The zero-order valence-corrected chi connectivity index (χ0v) is 14.1. The lowest BCUT2D eigenvalue weighted by Gasteiger charge is -2.18. The Hall–Kier alpha value is -2.33. The Kier molecular flexibility index (Phi) is 4.86. The minimum atomic E-state index is -0.222. The van der Waals surface area contributed by atoms with E-state index < -0.39 is 0 Å². The van der Waals surface area contributed by atoms with Crippen LogP contribution in [0.15, 0.2) is 48.5 Å². The van der Waals surface area contributed by atoms with E-state index in [1.165, 1.54) is 0 Å². The highest BCUT2D eigenvalue weighted by atomic mass is 35.5. The van der Waals surface area contributed by atoms with Crippen molar-refractivity contribution in [2.45, 2.75) is 18.8 Å². The first kappa shape index (κ1) is 16.5. The molecule has 0 spiro atoms. The van der Waals surface area contributed by atoms with Gasteiger partial charge in [-0.05, 0) is 48.6 Å². The summed E-state index contributed by atoms with van der Waals surface area (Å²) in [5.41, 5.74) is 1.94. The van der Waals surface area contributed by atoms with E-state index in [0.717, 1.165) is 18.4 Å². The van der Waals surface area contributed by atoms with Crippen molar-refractivity contribution in [2.24, 2.45) is 5.92 Å². The summed E-state index contributed by atoms with van der Waals surface area (Å²) in [4.78, 5) is 24.8.